The van der Waals surface area contributed by atoms with E-state index in [1.807, 2.05) is 6.92 Å². The lowest BCUT2D eigenvalue weighted by Crippen LogP contribution is -2.29. The predicted octanol–water partition coefficient (Wildman–Crippen LogP) is 5.09. The van der Waals surface area contributed by atoms with Gasteiger partial charge >= 0.3 is 19.8 Å². The Balaban J connectivity index is 4.28. The van der Waals surface area contributed by atoms with Crippen LogP contribution in [0.2, 0.25) is 0 Å². The van der Waals surface area contributed by atoms with Gasteiger partial charge in [0.1, 0.15) is 6.61 Å². The van der Waals surface area contributed by atoms with Crippen LogP contribution in [0.25, 0.3) is 0 Å². The molecule has 8 nitrogen and oxygen atoms in total. The highest BCUT2D eigenvalue weighted by Gasteiger charge is 2.25. The number of carbonyl (C=O) groups excluding carboxylic acids is 2. The third-order valence-corrected chi connectivity index (χ3v) is 5.11. The Bertz CT molecular complexity index is 535. The molecule has 0 saturated carbocycles. The van der Waals surface area contributed by atoms with E-state index in [-0.39, 0.29) is 26.1 Å². The van der Waals surface area contributed by atoms with E-state index in [0.717, 1.165) is 38.5 Å². The minimum Gasteiger partial charge on any atom is -0.462 e. The molecule has 0 spiro atoms. The molecule has 0 saturated heterocycles. The van der Waals surface area contributed by atoms with Crippen LogP contribution in [0.5, 0.6) is 0 Å². The maximum Gasteiger partial charge on any atom is 0.472 e. The molecular weight excluding hydrogens is 411 g/mol. The first kappa shape index (κ1) is 28.8. The van der Waals surface area contributed by atoms with Crippen LogP contribution in [0.3, 0.4) is 0 Å². The van der Waals surface area contributed by atoms with Crippen LogP contribution in [0, 0.1) is 0 Å². The quantitative estimate of drug-likeness (QED) is 0.125. The Kier molecular flexibility index (Phi) is 17.8. The van der Waals surface area contributed by atoms with Crippen molar-refractivity contribution in [3.63, 3.8) is 0 Å². The van der Waals surface area contributed by atoms with Gasteiger partial charge in [-0.25, -0.2) is 4.57 Å². The van der Waals surface area contributed by atoms with E-state index in [9.17, 15) is 19.0 Å². The third-order valence-electron chi connectivity index (χ3n) is 4.05. The normalized spacial score (nSPS) is 14.4. The number of allylic oxidation sites excluding steroid dienone is 2. The summed E-state index contributed by atoms with van der Waals surface area (Å²) in [4.78, 5) is 33.2. The van der Waals surface area contributed by atoms with Gasteiger partial charge in [0.25, 0.3) is 0 Å². The van der Waals surface area contributed by atoms with Gasteiger partial charge in [-0.1, -0.05) is 45.3 Å². The first-order chi connectivity index (χ1) is 14.3. The van der Waals surface area contributed by atoms with Gasteiger partial charge in [-0.2, -0.15) is 0 Å². The lowest BCUT2D eigenvalue weighted by Gasteiger charge is -2.19. The van der Waals surface area contributed by atoms with E-state index in [0.29, 0.717) is 12.8 Å². The average Bonchev–Trinajstić information content (AvgIpc) is 2.69. The molecule has 0 amide bonds. The Morgan fingerprint density at radius 2 is 1.60 bits per heavy atom. The highest BCUT2D eigenvalue weighted by molar-refractivity contribution is 7.47. The van der Waals surface area contributed by atoms with Gasteiger partial charge < -0.3 is 14.4 Å². The highest BCUT2D eigenvalue weighted by atomic mass is 31.2. The molecule has 1 N–H and O–H groups in total. The van der Waals surface area contributed by atoms with Gasteiger partial charge in [0, 0.05) is 12.8 Å². The summed E-state index contributed by atoms with van der Waals surface area (Å²) in [6.45, 7) is 4.87. The fraction of sp³-hybridized carbons (Fsp3) is 0.810. The van der Waals surface area contributed by atoms with Crippen molar-refractivity contribution in [3.05, 3.63) is 12.2 Å². The van der Waals surface area contributed by atoms with Gasteiger partial charge in [0.15, 0.2) is 6.10 Å². The molecular formula is C21H39O8P. The third kappa shape index (κ3) is 17.6. The average molecular weight is 451 g/mol. The second kappa shape index (κ2) is 18.6. The van der Waals surface area contributed by atoms with Crippen molar-refractivity contribution in [1.29, 1.82) is 0 Å². The number of rotatable bonds is 19. The SMILES string of the molecule is CC/C=C/CCCCCCCC(=O)O[C@H](COC(=O)CCC)COP(=O)(O)OCC. The zero-order valence-electron chi connectivity index (χ0n) is 18.7. The molecule has 0 fully saturated rings. The minimum atomic E-state index is -4.23. The molecule has 2 atom stereocenters. The molecule has 0 bridgehead atoms. The zero-order chi connectivity index (χ0) is 22.7. The predicted molar refractivity (Wildman–Crippen MR) is 115 cm³/mol. The zero-order valence-corrected chi connectivity index (χ0v) is 19.6. The summed E-state index contributed by atoms with van der Waals surface area (Å²) in [7, 11) is -4.23. The first-order valence-electron chi connectivity index (χ1n) is 11.0. The minimum absolute atomic E-state index is 0.00138. The summed E-state index contributed by atoms with van der Waals surface area (Å²) < 4.78 is 31.5. The fourth-order valence-electron chi connectivity index (χ4n) is 2.55. The smallest absolute Gasteiger partial charge is 0.462 e. The number of unbranched alkanes of at least 4 members (excludes halogenated alkanes) is 5. The second-order valence-corrected chi connectivity index (χ2v) is 8.37. The Morgan fingerprint density at radius 3 is 2.27 bits per heavy atom. The van der Waals surface area contributed by atoms with Crippen molar-refractivity contribution in [2.24, 2.45) is 0 Å². The van der Waals surface area contributed by atoms with Crippen LogP contribution in [-0.2, 0) is 32.7 Å². The van der Waals surface area contributed by atoms with E-state index in [1.54, 1.807) is 6.92 Å². The molecule has 0 aliphatic carbocycles. The molecule has 0 heterocycles. The van der Waals surface area contributed by atoms with Crippen LogP contribution < -0.4 is 0 Å². The molecule has 0 aromatic rings. The molecule has 0 rings (SSSR count). The monoisotopic (exact) mass is 450 g/mol. The van der Waals surface area contributed by atoms with Crippen LogP contribution in [0.1, 0.15) is 85.0 Å². The standard InChI is InChI=1S/C21H39O8P/c1-4-7-8-9-10-11-12-13-14-16-21(23)29-19(17-26-20(22)15-5-2)18-28-30(24,25)27-6-3/h7-8,19H,4-6,9-18H2,1-3H3,(H,24,25)/b8-7+/t19-/m1/s1. The van der Waals surface area contributed by atoms with E-state index in [2.05, 4.69) is 23.6 Å². The molecule has 0 radical (unpaired) electrons. The van der Waals surface area contributed by atoms with E-state index < -0.39 is 32.5 Å². The largest absolute Gasteiger partial charge is 0.472 e. The van der Waals surface area contributed by atoms with Crippen molar-refractivity contribution in [3.8, 4) is 0 Å². The molecule has 1 unspecified atom stereocenters. The molecule has 176 valence electrons. The lowest BCUT2D eigenvalue weighted by atomic mass is 10.1. The number of ether oxygens (including phenoxy) is 2. The topological polar surface area (TPSA) is 108 Å². The first-order valence-corrected chi connectivity index (χ1v) is 12.5. The Morgan fingerprint density at radius 1 is 0.900 bits per heavy atom. The van der Waals surface area contributed by atoms with E-state index in [1.165, 1.54) is 0 Å². The summed E-state index contributed by atoms with van der Waals surface area (Å²) >= 11 is 0. The van der Waals surface area contributed by atoms with Crippen molar-refractivity contribution in [1.82, 2.24) is 0 Å². The number of carbonyl (C=O) groups is 2. The van der Waals surface area contributed by atoms with Gasteiger partial charge in [-0.15, -0.1) is 0 Å². The number of phosphoric ester groups is 1. The Labute approximate surface area is 180 Å². The Hall–Kier alpha value is -1.21. The lowest BCUT2D eigenvalue weighted by molar-refractivity contribution is -0.161. The summed E-state index contributed by atoms with van der Waals surface area (Å²) in [5, 5.41) is 0. The summed E-state index contributed by atoms with van der Waals surface area (Å²) in [5.41, 5.74) is 0. The molecule has 0 aromatic carbocycles. The van der Waals surface area contributed by atoms with Crippen molar-refractivity contribution in [2.75, 3.05) is 19.8 Å². The summed E-state index contributed by atoms with van der Waals surface area (Å²) in [6, 6.07) is 0. The summed E-state index contributed by atoms with van der Waals surface area (Å²) in [5.74, 6) is -0.880. The van der Waals surface area contributed by atoms with Gasteiger partial charge in [-0.05, 0) is 39.0 Å². The molecule has 0 aromatic heterocycles. The number of phosphoric acid groups is 1. The van der Waals surface area contributed by atoms with Gasteiger partial charge in [0.05, 0.1) is 13.2 Å². The van der Waals surface area contributed by atoms with Crippen molar-refractivity contribution in [2.45, 2.75) is 91.1 Å². The molecule has 30 heavy (non-hydrogen) atoms. The number of hydrogen-bond acceptors (Lipinski definition) is 7. The highest BCUT2D eigenvalue weighted by Crippen LogP contribution is 2.43. The van der Waals surface area contributed by atoms with Crippen molar-refractivity contribution < 1.29 is 37.6 Å². The molecule has 9 heteroatoms. The second-order valence-electron chi connectivity index (χ2n) is 6.91. The summed E-state index contributed by atoms with van der Waals surface area (Å²) in [6.07, 6.45) is 11.6. The van der Waals surface area contributed by atoms with Crippen LogP contribution >= 0.6 is 7.82 Å². The van der Waals surface area contributed by atoms with Gasteiger partial charge in [-0.3, -0.25) is 18.6 Å². The molecule has 0 aliphatic heterocycles. The van der Waals surface area contributed by atoms with E-state index >= 15 is 0 Å². The van der Waals surface area contributed by atoms with E-state index in [4.69, 9.17) is 14.0 Å². The van der Waals surface area contributed by atoms with Crippen molar-refractivity contribution >= 4 is 19.8 Å². The maximum atomic E-state index is 12.1. The van der Waals surface area contributed by atoms with Crippen LogP contribution in [-0.4, -0.2) is 42.8 Å². The van der Waals surface area contributed by atoms with Gasteiger partial charge in [0.2, 0.25) is 0 Å². The maximum absolute atomic E-state index is 12.1. The van der Waals surface area contributed by atoms with Crippen LogP contribution in [0.4, 0.5) is 0 Å². The number of esters is 2. The number of hydrogen-bond donors (Lipinski definition) is 1. The fourth-order valence-corrected chi connectivity index (χ4v) is 3.30. The van der Waals surface area contributed by atoms with Crippen LogP contribution in [0.15, 0.2) is 12.2 Å². The molecule has 0 aliphatic rings.